The molecule has 0 aliphatic rings. The average Bonchev–Trinajstić information content (AvgIpc) is 2.85. The van der Waals surface area contributed by atoms with E-state index in [-0.39, 0.29) is 5.82 Å². The lowest BCUT2D eigenvalue weighted by Gasteiger charge is -2.05. The summed E-state index contributed by atoms with van der Waals surface area (Å²) < 4.78 is 19.6. The van der Waals surface area contributed by atoms with Gasteiger partial charge in [0.15, 0.2) is 6.29 Å². The Morgan fingerprint density at radius 1 is 1.33 bits per heavy atom. The lowest BCUT2D eigenvalue weighted by molar-refractivity contribution is 0.111. The number of carbonyl (C=O) groups is 1. The van der Waals surface area contributed by atoms with Crippen LogP contribution in [-0.4, -0.2) is 27.9 Å². The van der Waals surface area contributed by atoms with Gasteiger partial charge in [-0.15, -0.1) is 5.10 Å². The normalized spacial score (nSPS) is 10.3. The van der Waals surface area contributed by atoms with E-state index in [2.05, 4.69) is 10.3 Å². The van der Waals surface area contributed by atoms with Crippen molar-refractivity contribution in [3.8, 4) is 5.75 Å². The minimum Gasteiger partial charge on any atom is -0.494 e. The second-order valence-corrected chi connectivity index (χ2v) is 3.68. The highest BCUT2D eigenvalue weighted by atomic mass is 19.1. The molecule has 0 N–H and O–H groups in total. The van der Waals surface area contributed by atoms with Gasteiger partial charge in [0.1, 0.15) is 17.3 Å². The Morgan fingerprint density at radius 2 is 2.11 bits per heavy atom. The fraction of sp³-hybridized carbons (Fsp3) is 0.250. The Labute approximate surface area is 103 Å². The van der Waals surface area contributed by atoms with Crippen LogP contribution in [0.4, 0.5) is 4.39 Å². The van der Waals surface area contributed by atoms with Crippen LogP contribution in [0.15, 0.2) is 30.5 Å². The highest BCUT2D eigenvalue weighted by Gasteiger charge is 1.99. The number of hydrogen-bond acceptors (Lipinski definition) is 4. The van der Waals surface area contributed by atoms with Gasteiger partial charge in [0.2, 0.25) is 0 Å². The highest BCUT2D eigenvalue weighted by Crippen LogP contribution is 2.11. The van der Waals surface area contributed by atoms with E-state index >= 15 is 0 Å². The topological polar surface area (TPSA) is 57.0 Å². The maximum Gasteiger partial charge on any atom is 0.171 e. The summed E-state index contributed by atoms with van der Waals surface area (Å²) in [6.07, 6.45) is 2.95. The van der Waals surface area contributed by atoms with Crippen molar-refractivity contribution < 1.29 is 13.9 Å². The molecule has 18 heavy (non-hydrogen) atoms. The van der Waals surface area contributed by atoms with Gasteiger partial charge < -0.3 is 4.74 Å². The van der Waals surface area contributed by atoms with Crippen molar-refractivity contribution in [2.75, 3.05) is 6.61 Å². The fourth-order valence-corrected chi connectivity index (χ4v) is 1.42. The monoisotopic (exact) mass is 249 g/mol. The van der Waals surface area contributed by atoms with Crippen LogP contribution in [0, 0.1) is 5.82 Å². The van der Waals surface area contributed by atoms with E-state index in [1.165, 1.54) is 12.1 Å². The van der Waals surface area contributed by atoms with Gasteiger partial charge in [-0.2, -0.15) is 0 Å². The lowest BCUT2D eigenvalue weighted by atomic mass is 10.3. The number of carbonyl (C=O) groups excluding carboxylic acids is 1. The first-order chi connectivity index (χ1) is 8.78. The Bertz CT molecular complexity index is 510. The van der Waals surface area contributed by atoms with Crippen LogP contribution in [0.5, 0.6) is 5.75 Å². The molecule has 1 heterocycles. The second-order valence-electron chi connectivity index (χ2n) is 3.68. The number of hydrogen-bond donors (Lipinski definition) is 0. The number of aryl methyl sites for hydroxylation is 1. The summed E-state index contributed by atoms with van der Waals surface area (Å²) in [5.41, 5.74) is 0.314. The minimum atomic E-state index is -0.286. The molecule has 1 aromatic heterocycles. The smallest absolute Gasteiger partial charge is 0.171 e. The van der Waals surface area contributed by atoms with Gasteiger partial charge in [-0.1, -0.05) is 5.21 Å². The van der Waals surface area contributed by atoms with Gasteiger partial charge in [0.25, 0.3) is 0 Å². The number of aldehydes is 1. The number of rotatable bonds is 6. The minimum absolute atomic E-state index is 0.286. The maximum atomic E-state index is 12.6. The van der Waals surface area contributed by atoms with Crippen molar-refractivity contribution >= 4 is 6.29 Å². The third-order valence-corrected chi connectivity index (χ3v) is 2.29. The van der Waals surface area contributed by atoms with Gasteiger partial charge in [-0.3, -0.25) is 9.48 Å². The first kappa shape index (κ1) is 12.2. The predicted octanol–water partition coefficient (Wildman–Crippen LogP) is 1.70. The third kappa shape index (κ3) is 3.38. The molecule has 0 aliphatic carbocycles. The van der Waals surface area contributed by atoms with Crippen LogP contribution in [0.3, 0.4) is 0 Å². The van der Waals surface area contributed by atoms with Crippen molar-refractivity contribution in [1.82, 2.24) is 15.0 Å². The summed E-state index contributed by atoms with van der Waals surface area (Å²) in [6, 6.07) is 5.86. The number of halogens is 1. The van der Waals surface area contributed by atoms with Crippen molar-refractivity contribution in [1.29, 1.82) is 0 Å². The molecule has 5 nitrogen and oxygen atoms in total. The molecule has 0 atom stereocenters. The predicted molar refractivity (Wildman–Crippen MR) is 61.9 cm³/mol. The Morgan fingerprint density at radius 3 is 2.78 bits per heavy atom. The zero-order valence-corrected chi connectivity index (χ0v) is 9.62. The molecule has 0 fully saturated rings. The van der Waals surface area contributed by atoms with Gasteiger partial charge in [0.05, 0.1) is 12.8 Å². The van der Waals surface area contributed by atoms with E-state index in [1.54, 1.807) is 23.0 Å². The number of nitrogens with zero attached hydrogens (tertiary/aromatic N) is 3. The van der Waals surface area contributed by atoms with Gasteiger partial charge in [0, 0.05) is 13.0 Å². The van der Waals surface area contributed by atoms with E-state index < -0.39 is 0 Å². The summed E-state index contributed by atoms with van der Waals surface area (Å²) in [7, 11) is 0. The summed E-state index contributed by atoms with van der Waals surface area (Å²) in [4.78, 5) is 10.4. The summed E-state index contributed by atoms with van der Waals surface area (Å²) in [5, 5.41) is 7.42. The van der Waals surface area contributed by atoms with Crippen LogP contribution in [0.25, 0.3) is 0 Å². The molecule has 0 saturated carbocycles. The maximum absolute atomic E-state index is 12.6. The van der Waals surface area contributed by atoms with Crippen LogP contribution in [0.2, 0.25) is 0 Å². The van der Waals surface area contributed by atoms with E-state index in [9.17, 15) is 9.18 Å². The van der Waals surface area contributed by atoms with Crippen molar-refractivity contribution in [3.05, 3.63) is 42.0 Å². The third-order valence-electron chi connectivity index (χ3n) is 2.29. The highest BCUT2D eigenvalue weighted by molar-refractivity contribution is 5.70. The summed E-state index contributed by atoms with van der Waals surface area (Å²) in [6.45, 7) is 1.10. The zero-order valence-electron chi connectivity index (χ0n) is 9.62. The number of aromatic nitrogens is 3. The van der Waals surface area contributed by atoms with Crippen molar-refractivity contribution in [2.24, 2.45) is 0 Å². The van der Waals surface area contributed by atoms with Gasteiger partial charge >= 0.3 is 0 Å². The Balaban J connectivity index is 1.72. The van der Waals surface area contributed by atoms with E-state index in [0.717, 1.165) is 6.42 Å². The molecule has 94 valence electrons. The van der Waals surface area contributed by atoms with E-state index in [4.69, 9.17) is 4.74 Å². The van der Waals surface area contributed by atoms with E-state index in [1.807, 2.05) is 0 Å². The first-order valence-electron chi connectivity index (χ1n) is 5.51. The molecular weight excluding hydrogens is 237 g/mol. The fourth-order valence-electron chi connectivity index (χ4n) is 1.42. The first-order valence-corrected chi connectivity index (χ1v) is 5.51. The SMILES string of the molecule is O=Cc1cn(CCCOc2ccc(F)cc2)nn1. The molecule has 2 aromatic rings. The molecule has 0 spiro atoms. The van der Waals surface area contributed by atoms with Gasteiger partial charge in [-0.25, -0.2) is 4.39 Å². The quantitative estimate of drug-likeness (QED) is 0.577. The molecule has 1 aromatic carbocycles. The van der Waals surface area contributed by atoms with Crippen LogP contribution >= 0.6 is 0 Å². The van der Waals surface area contributed by atoms with E-state index in [0.29, 0.717) is 30.9 Å². The Hall–Kier alpha value is -2.24. The van der Waals surface area contributed by atoms with Gasteiger partial charge in [-0.05, 0) is 24.3 Å². The van der Waals surface area contributed by atoms with Crippen LogP contribution in [0.1, 0.15) is 16.9 Å². The summed E-state index contributed by atoms with van der Waals surface area (Å²) >= 11 is 0. The molecule has 6 heteroatoms. The number of ether oxygens (including phenoxy) is 1. The molecule has 0 unspecified atom stereocenters. The zero-order chi connectivity index (χ0) is 12.8. The molecule has 0 aliphatic heterocycles. The standard InChI is InChI=1S/C12H12FN3O2/c13-10-2-4-12(5-3-10)18-7-1-6-16-8-11(9-17)14-15-16/h2-5,8-9H,1,6-7H2. The molecule has 0 radical (unpaired) electrons. The molecule has 2 rings (SSSR count). The van der Waals surface area contributed by atoms with Crippen molar-refractivity contribution in [3.63, 3.8) is 0 Å². The number of benzene rings is 1. The second kappa shape index (κ2) is 5.90. The molecule has 0 saturated heterocycles. The molecule has 0 amide bonds. The average molecular weight is 249 g/mol. The summed E-state index contributed by atoms with van der Waals surface area (Å²) in [5.74, 6) is 0.343. The lowest BCUT2D eigenvalue weighted by Crippen LogP contribution is -2.05. The largest absolute Gasteiger partial charge is 0.494 e. The van der Waals surface area contributed by atoms with Crippen LogP contribution < -0.4 is 4.74 Å². The van der Waals surface area contributed by atoms with Crippen molar-refractivity contribution in [2.45, 2.75) is 13.0 Å². The molecule has 0 bridgehead atoms. The Kier molecular flexibility index (Phi) is 4.01. The van der Waals surface area contributed by atoms with Crippen LogP contribution in [-0.2, 0) is 6.54 Å². The molecular formula is C12H12FN3O2.